The van der Waals surface area contributed by atoms with Gasteiger partial charge in [-0.2, -0.15) is 11.3 Å². The van der Waals surface area contributed by atoms with Crippen LogP contribution < -0.4 is 10.1 Å². The molecule has 2 aromatic rings. The van der Waals surface area contributed by atoms with Gasteiger partial charge in [-0.25, -0.2) is 0 Å². The van der Waals surface area contributed by atoms with E-state index in [1.165, 1.54) is 5.56 Å². The van der Waals surface area contributed by atoms with Gasteiger partial charge < -0.3 is 14.8 Å². The first-order chi connectivity index (χ1) is 11.7. The molecule has 1 fully saturated rings. The van der Waals surface area contributed by atoms with E-state index in [0.29, 0.717) is 32.6 Å². The van der Waals surface area contributed by atoms with E-state index < -0.39 is 5.41 Å². The van der Waals surface area contributed by atoms with E-state index in [1.54, 1.807) is 18.4 Å². The molecule has 0 spiro atoms. The van der Waals surface area contributed by atoms with Crippen LogP contribution in [0.4, 0.5) is 0 Å². The van der Waals surface area contributed by atoms with Gasteiger partial charge in [-0.15, -0.1) is 0 Å². The van der Waals surface area contributed by atoms with Crippen molar-refractivity contribution >= 4 is 17.2 Å². The van der Waals surface area contributed by atoms with Crippen LogP contribution in [0.3, 0.4) is 0 Å². The number of hydrogen-bond acceptors (Lipinski definition) is 4. The van der Waals surface area contributed by atoms with Gasteiger partial charge in [-0.1, -0.05) is 12.1 Å². The fourth-order valence-electron chi connectivity index (χ4n) is 3.20. The number of carbonyl (C=O) groups is 1. The monoisotopic (exact) mass is 345 g/mol. The van der Waals surface area contributed by atoms with Crippen LogP contribution in [-0.2, 0) is 21.4 Å². The molecule has 1 aromatic carbocycles. The molecule has 2 heterocycles. The Bertz CT molecular complexity index is 646. The van der Waals surface area contributed by atoms with Crippen LogP contribution >= 0.6 is 11.3 Å². The molecule has 0 radical (unpaired) electrons. The highest BCUT2D eigenvalue weighted by Crippen LogP contribution is 2.36. The van der Waals surface area contributed by atoms with Gasteiger partial charge in [0.25, 0.3) is 0 Å². The molecule has 0 unspecified atom stereocenters. The molecule has 0 bridgehead atoms. The Balaban J connectivity index is 1.72. The number of methoxy groups -OCH3 is 1. The Morgan fingerprint density at radius 3 is 2.62 bits per heavy atom. The minimum atomic E-state index is -0.501. The lowest BCUT2D eigenvalue weighted by Crippen LogP contribution is -2.48. The van der Waals surface area contributed by atoms with E-state index in [9.17, 15) is 4.79 Å². The number of ether oxygens (including phenoxy) is 2. The average Bonchev–Trinajstić information content (AvgIpc) is 3.16. The quantitative estimate of drug-likeness (QED) is 0.875. The summed E-state index contributed by atoms with van der Waals surface area (Å²) in [5.41, 5.74) is 1.81. The first kappa shape index (κ1) is 17.0. The number of carbonyl (C=O) groups excluding carboxylic acids is 1. The van der Waals surface area contributed by atoms with Crippen LogP contribution in [0, 0.1) is 0 Å². The highest BCUT2D eigenvalue weighted by atomic mass is 32.1. The molecular formula is C19H23NO3S. The lowest BCUT2D eigenvalue weighted by molar-refractivity contribution is -0.130. The summed E-state index contributed by atoms with van der Waals surface area (Å²) in [5, 5.41) is 7.33. The highest BCUT2D eigenvalue weighted by molar-refractivity contribution is 7.07. The zero-order valence-electron chi connectivity index (χ0n) is 13.9. The van der Waals surface area contributed by atoms with Crippen LogP contribution in [0.2, 0.25) is 0 Å². The van der Waals surface area contributed by atoms with E-state index in [2.05, 4.69) is 22.1 Å². The molecule has 1 amide bonds. The number of amides is 1. The number of rotatable bonds is 6. The third-order valence-electron chi connectivity index (χ3n) is 4.70. The summed E-state index contributed by atoms with van der Waals surface area (Å²) in [5.74, 6) is 0.907. The predicted molar refractivity (Wildman–Crippen MR) is 95.8 cm³/mol. The summed E-state index contributed by atoms with van der Waals surface area (Å²) in [4.78, 5) is 13.0. The SMILES string of the molecule is COc1ccc(C2(C(=O)NCCc3ccsc3)CCOCC2)cc1. The first-order valence-electron chi connectivity index (χ1n) is 8.26. The smallest absolute Gasteiger partial charge is 0.230 e. The normalized spacial score (nSPS) is 16.5. The van der Waals surface area contributed by atoms with Crippen molar-refractivity contribution in [2.24, 2.45) is 0 Å². The third-order valence-corrected chi connectivity index (χ3v) is 5.43. The zero-order chi connectivity index (χ0) is 16.8. The molecule has 1 aliphatic rings. The van der Waals surface area contributed by atoms with Crippen LogP contribution in [-0.4, -0.2) is 32.8 Å². The largest absolute Gasteiger partial charge is 0.497 e. The molecular weight excluding hydrogens is 322 g/mol. The van der Waals surface area contributed by atoms with Crippen molar-refractivity contribution in [3.05, 3.63) is 52.2 Å². The molecule has 128 valence electrons. The molecule has 24 heavy (non-hydrogen) atoms. The van der Waals surface area contributed by atoms with Crippen LogP contribution in [0.15, 0.2) is 41.1 Å². The fraction of sp³-hybridized carbons (Fsp3) is 0.421. The molecule has 1 saturated heterocycles. The van der Waals surface area contributed by atoms with Crippen LogP contribution in [0.1, 0.15) is 24.0 Å². The molecule has 0 saturated carbocycles. The van der Waals surface area contributed by atoms with Gasteiger partial charge in [0, 0.05) is 19.8 Å². The van der Waals surface area contributed by atoms with Crippen molar-refractivity contribution in [1.82, 2.24) is 5.32 Å². The second-order valence-corrected chi connectivity index (χ2v) is 6.84. The summed E-state index contributed by atoms with van der Waals surface area (Å²) in [6.07, 6.45) is 2.29. The van der Waals surface area contributed by atoms with E-state index in [-0.39, 0.29) is 5.91 Å². The lowest BCUT2D eigenvalue weighted by atomic mass is 9.73. The van der Waals surface area contributed by atoms with Crippen molar-refractivity contribution in [2.75, 3.05) is 26.9 Å². The number of benzene rings is 1. The number of thiophene rings is 1. The Kier molecular flexibility index (Phi) is 5.53. The molecule has 1 aromatic heterocycles. The van der Waals surface area contributed by atoms with E-state index >= 15 is 0 Å². The molecule has 1 N–H and O–H groups in total. The second-order valence-electron chi connectivity index (χ2n) is 6.06. The molecule has 5 heteroatoms. The second kappa shape index (κ2) is 7.81. The summed E-state index contributed by atoms with van der Waals surface area (Å²) in [6, 6.07) is 9.95. The minimum absolute atomic E-state index is 0.103. The Morgan fingerprint density at radius 1 is 1.25 bits per heavy atom. The van der Waals surface area contributed by atoms with Crippen molar-refractivity contribution < 1.29 is 14.3 Å². The van der Waals surface area contributed by atoms with Crippen molar-refractivity contribution in [2.45, 2.75) is 24.7 Å². The minimum Gasteiger partial charge on any atom is -0.497 e. The van der Waals surface area contributed by atoms with E-state index in [4.69, 9.17) is 9.47 Å². The van der Waals surface area contributed by atoms with E-state index in [0.717, 1.165) is 17.7 Å². The van der Waals surface area contributed by atoms with Gasteiger partial charge in [0.15, 0.2) is 0 Å². The summed E-state index contributed by atoms with van der Waals surface area (Å²) in [6.45, 7) is 1.89. The van der Waals surface area contributed by atoms with Gasteiger partial charge in [0.1, 0.15) is 5.75 Å². The molecule has 1 aliphatic heterocycles. The van der Waals surface area contributed by atoms with E-state index in [1.807, 2.05) is 24.3 Å². The maximum absolute atomic E-state index is 13.0. The summed E-state index contributed by atoms with van der Waals surface area (Å²) >= 11 is 1.68. The molecule has 0 aliphatic carbocycles. The molecule has 0 atom stereocenters. The van der Waals surface area contributed by atoms with Crippen molar-refractivity contribution in [1.29, 1.82) is 0 Å². The Labute approximate surface area is 146 Å². The van der Waals surface area contributed by atoms with Gasteiger partial charge >= 0.3 is 0 Å². The van der Waals surface area contributed by atoms with Gasteiger partial charge in [-0.05, 0) is 59.3 Å². The number of nitrogens with one attached hydrogen (secondary N) is 1. The standard InChI is InChI=1S/C19H23NO3S/c1-22-17-4-2-16(3-5-17)19(8-11-23-12-9-19)18(21)20-10-6-15-7-13-24-14-15/h2-5,7,13-14H,6,8-12H2,1H3,(H,20,21). The summed E-state index contributed by atoms with van der Waals surface area (Å²) < 4.78 is 10.7. The number of hydrogen-bond donors (Lipinski definition) is 1. The highest BCUT2D eigenvalue weighted by Gasteiger charge is 2.41. The van der Waals surface area contributed by atoms with Gasteiger partial charge in [0.2, 0.25) is 5.91 Å². The fourth-order valence-corrected chi connectivity index (χ4v) is 3.90. The Hall–Kier alpha value is -1.85. The average molecular weight is 345 g/mol. The Morgan fingerprint density at radius 2 is 2.00 bits per heavy atom. The summed E-state index contributed by atoms with van der Waals surface area (Å²) in [7, 11) is 1.65. The lowest BCUT2D eigenvalue weighted by Gasteiger charge is -2.36. The van der Waals surface area contributed by atoms with Crippen LogP contribution in [0.5, 0.6) is 5.75 Å². The maximum atomic E-state index is 13.0. The van der Waals surface area contributed by atoms with Crippen molar-refractivity contribution in [3.63, 3.8) is 0 Å². The topological polar surface area (TPSA) is 47.6 Å². The molecule has 3 rings (SSSR count). The third kappa shape index (κ3) is 3.62. The van der Waals surface area contributed by atoms with Gasteiger partial charge in [-0.3, -0.25) is 4.79 Å². The predicted octanol–water partition coefficient (Wildman–Crippen LogP) is 3.16. The van der Waals surface area contributed by atoms with Crippen LogP contribution in [0.25, 0.3) is 0 Å². The first-order valence-corrected chi connectivity index (χ1v) is 9.20. The van der Waals surface area contributed by atoms with Gasteiger partial charge in [0.05, 0.1) is 12.5 Å². The maximum Gasteiger partial charge on any atom is 0.230 e. The van der Waals surface area contributed by atoms with Crippen molar-refractivity contribution in [3.8, 4) is 5.75 Å². The zero-order valence-corrected chi connectivity index (χ0v) is 14.7. The molecule has 4 nitrogen and oxygen atoms in total.